The van der Waals surface area contributed by atoms with Gasteiger partial charge < -0.3 is 16.0 Å². The minimum absolute atomic E-state index is 0.0573. The smallest absolute Gasteiger partial charge is 0.252 e. The van der Waals surface area contributed by atoms with Crippen LogP contribution in [-0.2, 0) is 0 Å². The Kier molecular flexibility index (Phi) is 4.82. The molecule has 0 spiro atoms. The van der Waals surface area contributed by atoms with Crippen molar-refractivity contribution >= 4 is 27.5 Å². The number of hydrogen-bond donors (Lipinski definition) is 2. The first-order chi connectivity index (χ1) is 9.06. The Morgan fingerprint density at radius 1 is 1.47 bits per heavy atom. The van der Waals surface area contributed by atoms with E-state index in [1.54, 1.807) is 18.2 Å². The number of nitrogens with zero attached hydrogens (tertiary/aromatic N) is 1. The molecule has 0 bridgehead atoms. The lowest BCUT2D eigenvalue weighted by molar-refractivity contribution is 0.0938. The minimum Gasteiger partial charge on any atom is -0.399 e. The summed E-state index contributed by atoms with van der Waals surface area (Å²) < 4.78 is 0.780. The molecule has 1 amide bonds. The topological polar surface area (TPSA) is 58.4 Å². The summed E-state index contributed by atoms with van der Waals surface area (Å²) in [5.74, 6) is 0.526. The van der Waals surface area contributed by atoms with Gasteiger partial charge in [-0.1, -0.05) is 0 Å². The van der Waals surface area contributed by atoms with Gasteiger partial charge in [0.25, 0.3) is 5.91 Å². The van der Waals surface area contributed by atoms with E-state index in [2.05, 4.69) is 33.2 Å². The normalized spacial score (nSPS) is 17.4. The number of hydrogen-bond acceptors (Lipinski definition) is 3. The van der Waals surface area contributed by atoms with E-state index in [0.29, 0.717) is 17.2 Å². The number of rotatable bonds is 3. The van der Waals surface area contributed by atoms with Crippen LogP contribution in [0.15, 0.2) is 22.7 Å². The van der Waals surface area contributed by atoms with Crippen molar-refractivity contribution in [1.29, 1.82) is 0 Å². The summed E-state index contributed by atoms with van der Waals surface area (Å²) in [4.78, 5) is 14.4. The highest BCUT2D eigenvalue weighted by atomic mass is 79.9. The molecule has 5 heteroatoms. The zero-order chi connectivity index (χ0) is 13.8. The molecule has 4 nitrogen and oxygen atoms in total. The number of likely N-dealkylation sites (tertiary alicyclic amines) is 1. The molecule has 1 aromatic rings. The molecule has 0 aromatic heterocycles. The number of carbonyl (C=O) groups excluding carboxylic acids is 1. The number of piperidine rings is 1. The monoisotopic (exact) mass is 325 g/mol. The third kappa shape index (κ3) is 3.94. The van der Waals surface area contributed by atoms with Crippen molar-refractivity contribution in [3.05, 3.63) is 28.2 Å². The zero-order valence-electron chi connectivity index (χ0n) is 11.2. The average molecular weight is 326 g/mol. The molecule has 1 aromatic carbocycles. The lowest BCUT2D eigenvalue weighted by atomic mass is 9.97. The van der Waals surface area contributed by atoms with E-state index in [-0.39, 0.29) is 5.91 Å². The molecule has 0 radical (unpaired) electrons. The largest absolute Gasteiger partial charge is 0.399 e. The Balaban J connectivity index is 1.89. The van der Waals surface area contributed by atoms with E-state index in [1.165, 1.54) is 0 Å². The Morgan fingerprint density at radius 2 is 2.16 bits per heavy atom. The highest BCUT2D eigenvalue weighted by Gasteiger charge is 2.18. The van der Waals surface area contributed by atoms with Gasteiger partial charge in [0, 0.05) is 16.7 Å². The maximum absolute atomic E-state index is 12.1. The van der Waals surface area contributed by atoms with Gasteiger partial charge in [-0.05, 0) is 73.0 Å². The van der Waals surface area contributed by atoms with Crippen molar-refractivity contribution in [2.24, 2.45) is 5.92 Å². The Hall–Kier alpha value is -1.07. The summed E-state index contributed by atoms with van der Waals surface area (Å²) in [6.07, 6.45) is 2.30. The standard InChI is InChI=1S/C14H20BrN3O/c1-18-6-4-10(5-7-18)9-17-14(19)12-8-11(16)2-3-13(12)15/h2-3,8,10H,4-7,9,16H2,1H3,(H,17,19). The molecular weight excluding hydrogens is 306 g/mol. The second-order valence-electron chi connectivity index (χ2n) is 5.20. The van der Waals surface area contributed by atoms with Crippen LogP contribution in [0.5, 0.6) is 0 Å². The molecule has 1 fully saturated rings. The first-order valence-corrected chi connectivity index (χ1v) is 7.37. The molecular formula is C14H20BrN3O. The summed E-state index contributed by atoms with van der Waals surface area (Å²) >= 11 is 3.38. The van der Waals surface area contributed by atoms with Crippen LogP contribution in [0.25, 0.3) is 0 Å². The fourth-order valence-electron chi connectivity index (χ4n) is 2.32. The van der Waals surface area contributed by atoms with Crippen molar-refractivity contribution in [1.82, 2.24) is 10.2 Å². The van der Waals surface area contributed by atoms with Gasteiger partial charge in [0.1, 0.15) is 0 Å². The molecule has 1 saturated heterocycles. The summed E-state index contributed by atoms with van der Waals surface area (Å²) in [6.45, 7) is 2.97. The van der Waals surface area contributed by atoms with Crippen LogP contribution >= 0.6 is 15.9 Å². The fraction of sp³-hybridized carbons (Fsp3) is 0.500. The fourth-order valence-corrected chi connectivity index (χ4v) is 2.74. The van der Waals surface area contributed by atoms with Gasteiger partial charge in [-0.3, -0.25) is 4.79 Å². The Labute approximate surface area is 122 Å². The molecule has 1 aliphatic heterocycles. The van der Waals surface area contributed by atoms with Crippen molar-refractivity contribution < 1.29 is 4.79 Å². The summed E-state index contributed by atoms with van der Waals surface area (Å²) in [7, 11) is 2.14. The van der Waals surface area contributed by atoms with Gasteiger partial charge in [-0.15, -0.1) is 0 Å². The Morgan fingerprint density at radius 3 is 2.84 bits per heavy atom. The molecule has 1 aliphatic rings. The van der Waals surface area contributed by atoms with E-state index >= 15 is 0 Å². The highest BCUT2D eigenvalue weighted by molar-refractivity contribution is 9.10. The minimum atomic E-state index is -0.0573. The maximum Gasteiger partial charge on any atom is 0.252 e. The molecule has 0 aliphatic carbocycles. The van der Waals surface area contributed by atoms with Gasteiger partial charge in [-0.2, -0.15) is 0 Å². The van der Waals surface area contributed by atoms with Crippen LogP contribution in [0.1, 0.15) is 23.2 Å². The molecule has 0 unspecified atom stereocenters. The number of anilines is 1. The van der Waals surface area contributed by atoms with Crippen LogP contribution in [0.2, 0.25) is 0 Å². The summed E-state index contributed by atoms with van der Waals surface area (Å²) in [5, 5.41) is 3.01. The van der Waals surface area contributed by atoms with Gasteiger partial charge in [0.15, 0.2) is 0 Å². The molecule has 1 heterocycles. The first-order valence-electron chi connectivity index (χ1n) is 6.58. The predicted octanol–water partition coefficient (Wildman–Crippen LogP) is 2.10. The van der Waals surface area contributed by atoms with Gasteiger partial charge >= 0.3 is 0 Å². The number of carbonyl (C=O) groups is 1. The van der Waals surface area contributed by atoms with Crippen molar-refractivity contribution in [2.75, 3.05) is 32.4 Å². The van der Waals surface area contributed by atoms with Gasteiger partial charge in [0.2, 0.25) is 0 Å². The highest BCUT2D eigenvalue weighted by Crippen LogP contribution is 2.20. The third-order valence-corrected chi connectivity index (χ3v) is 4.32. The lowest BCUT2D eigenvalue weighted by Crippen LogP contribution is -2.37. The second kappa shape index (κ2) is 6.39. The molecule has 104 valence electrons. The van der Waals surface area contributed by atoms with E-state index in [9.17, 15) is 4.79 Å². The molecule has 0 saturated carbocycles. The SMILES string of the molecule is CN1CCC(CNC(=O)c2cc(N)ccc2Br)CC1. The van der Waals surface area contributed by atoms with Gasteiger partial charge in [-0.25, -0.2) is 0 Å². The molecule has 3 N–H and O–H groups in total. The average Bonchev–Trinajstić information content (AvgIpc) is 2.40. The first kappa shape index (κ1) is 14.3. The summed E-state index contributed by atoms with van der Waals surface area (Å²) in [5.41, 5.74) is 6.92. The number of halogens is 1. The second-order valence-corrected chi connectivity index (χ2v) is 6.05. The van der Waals surface area contributed by atoms with E-state index in [1.807, 2.05) is 0 Å². The molecule has 0 atom stereocenters. The van der Waals surface area contributed by atoms with Gasteiger partial charge in [0.05, 0.1) is 5.56 Å². The predicted molar refractivity (Wildman–Crippen MR) is 81.1 cm³/mol. The molecule has 19 heavy (non-hydrogen) atoms. The maximum atomic E-state index is 12.1. The third-order valence-electron chi connectivity index (χ3n) is 3.62. The number of benzene rings is 1. The van der Waals surface area contributed by atoms with E-state index in [4.69, 9.17) is 5.73 Å². The number of nitrogen functional groups attached to an aromatic ring is 1. The summed E-state index contributed by atoms with van der Waals surface area (Å²) in [6, 6.07) is 5.28. The quantitative estimate of drug-likeness (QED) is 0.837. The van der Waals surface area contributed by atoms with Crippen molar-refractivity contribution in [2.45, 2.75) is 12.8 Å². The number of amides is 1. The van der Waals surface area contributed by atoms with Crippen LogP contribution in [0.3, 0.4) is 0 Å². The van der Waals surface area contributed by atoms with Crippen LogP contribution in [-0.4, -0.2) is 37.5 Å². The van der Waals surface area contributed by atoms with E-state index < -0.39 is 0 Å². The lowest BCUT2D eigenvalue weighted by Gasteiger charge is -2.28. The molecule has 2 rings (SSSR count). The Bertz CT molecular complexity index is 456. The number of nitrogens with one attached hydrogen (secondary N) is 1. The van der Waals surface area contributed by atoms with E-state index in [0.717, 1.165) is 36.9 Å². The number of nitrogens with two attached hydrogens (primary N) is 1. The van der Waals surface area contributed by atoms with Crippen LogP contribution in [0.4, 0.5) is 5.69 Å². The van der Waals surface area contributed by atoms with Crippen molar-refractivity contribution in [3.8, 4) is 0 Å². The van der Waals surface area contributed by atoms with Crippen molar-refractivity contribution in [3.63, 3.8) is 0 Å². The van der Waals surface area contributed by atoms with Crippen LogP contribution in [0, 0.1) is 5.92 Å². The zero-order valence-corrected chi connectivity index (χ0v) is 12.7. The van der Waals surface area contributed by atoms with Crippen LogP contribution < -0.4 is 11.1 Å².